The van der Waals surface area contributed by atoms with E-state index in [2.05, 4.69) is 16.0 Å². The van der Waals surface area contributed by atoms with Gasteiger partial charge in [-0.1, -0.05) is 35.9 Å². The van der Waals surface area contributed by atoms with Crippen LogP contribution in [0.3, 0.4) is 0 Å². The molecule has 3 rings (SSSR count). The van der Waals surface area contributed by atoms with E-state index in [1.807, 2.05) is 73.7 Å². The first-order valence-corrected chi connectivity index (χ1v) is 10.7. The smallest absolute Gasteiger partial charge is 0.234 e. The molecule has 0 aromatic heterocycles. The van der Waals surface area contributed by atoms with Gasteiger partial charge >= 0.3 is 0 Å². The van der Waals surface area contributed by atoms with Gasteiger partial charge in [-0.15, -0.1) is 11.8 Å². The molecule has 3 aromatic rings. The number of nitrogens with one attached hydrogen (secondary N) is 3. The molecule has 0 aliphatic carbocycles. The molecule has 0 aliphatic rings. The van der Waals surface area contributed by atoms with Crippen molar-refractivity contribution < 1.29 is 4.79 Å². The van der Waals surface area contributed by atoms with Crippen molar-refractivity contribution in [3.63, 3.8) is 0 Å². The molecule has 148 valence electrons. The van der Waals surface area contributed by atoms with Crippen molar-refractivity contribution in [3.05, 3.63) is 83.4 Å². The minimum absolute atomic E-state index is 0.0733. The Morgan fingerprint density at radius 1 is 0.897 bits per heavy atom. The van der Waals surface area contributed by atoms with E-state index < -0.39 is 0 Å². The number of carbonyl (C=O) groups excluding carboxylic acids is 1. The predicted molar refractivity (Wildman–Crippen MR) is 128 cm³/mol. The lowest BCUT2D eigenvalue weighted by atomic mass is 10.2. The van der Waals surface area contributed by atoms with Crippen LogP contribution in [0.25, 0.3) is 0 Å². The van der Waals surface area contributed by atoms with Crippen LogP contribution in [0, 0.1) is 6.92 Å². The molecule has 0 heterocycles. The summed E-state index contributed by atoms with van der Waals surface area (Å²) in [6.45, 7) is 1.88. The summed E-state index contributed by atoms with van der Waals surface area (Å²) in [5, 5.41) is 10.3. The van der Waals surface area contributed by atoms with Crippen LogP contribution in [0.1, 0.15) is 5.56 Å². The first kappa shape index (κ1) is 21.2. The molecule has 0 saturated heterocycles. The van der Waals surface area contributed by atoms with Crippen LogP contribution in [0.5, 0.6) is 0 Å². The van der Waals surface area contributed by atoms with Gasteiger partial charge in [0.05, 0.1) is 5.75 Å². The van der Waals surface area contributed by atoms with Crippen molar-refractivity contribution >= 4 is 63.7 Å². The Morgan fingerprint density at radius 2 is 1.55 bits per heavy atom. The van der Waals surface area contributed by atoms with Gasteiger partial charge in [0, 0.05) is 27.0 Å². The highest BCUT2D eigenvalue weighted by Gasteiger charge is 2.08. The van der Waals surface area contributed by atoms with Crippen molar-refractivity contribution in [1.29, 1.82) is 0 Å². The highest BCUT2D eigenvalue weighted by Crippen LogP contribution is 2.24. The Hall–Kier alpha value is -2.54. The van der Waals surface area contributed by atoms with E-state index in [1.54, 1.807) is 6.07 Å². The number of thiocarbonyl (C=S) groups is 1. The first-order valence-electron chi connectivity index (χ1n) is 8.92. The van der Waals surface area contributed by atoms with Crippen LogP contribution in [0.2, 0.25) is 5.02 Å². The van der Waals surface area contributed by atoms with Crippen LogP contribution in [-0.2, 0) is 4.79 Å². The fraction of sp³-hybridized carbons (Fsp3) is 0.0909. The van der Waals surface area contributed by atoms with E-state index >= 15 is 0 Å². The molecule has 0 atom stereocenters. The summed E-state index contributed by atoms with van der Waals surface area (Å²) in [6.07, 6.45) is 0. The van der Waals surface area contributed by atoms with E-state index in [9.17, 15) is 4.79 Å². The summed E-state index contributed by atoms with van der Waals surface area (Å²) in [6, 6.07) is 23.0. The molecule has 0 spiro atoms. The van der Waals surface area contributed by atoms with Crippen molar-refractivity contribution in [1.82, 2.24) is 0 Å². The minimum atomic E-state index is -0.0733. The lowest BCUT2D eigenvalue weighted by Crippen LogP contribution is -2.18. The van der Waals surface area contributed by atoms with E-state index in [0.717, 1.165) is 27.5 Å². The second kappa shape index (κ2) is 10.3. The minimum Gasteiger partial charge on any atom is -0.332 e. The molecule has 0 aliphatic heterocycles. The van der Waals surface area contributed by atoms with E-state index in [4.69, 9.17) is 23.8 Å². The quantitative estimate of drug-likeness (QED) is 0.314. The van der Waals surface area contributed by atoms with Crippen LogP contribution in [0.15, 0.2) is 77.7 Å². The summed E-state index contributed by atoms with van der Waals surface area (Å²) >= 11 is 12.9. The Balaban J connectivity index is 1.48. The maximum atomic E-state index is 12.2. The van der Waals surface area contributed by atoms with E-state index in [1.165, 1.54) is 11.8 Å². The summed E-state index contributed by atoms with van der Waals surface area (Å²) in [5.41, 5.74) is 3.41. The molecule has 7 heteroatoms. The largest absolute Gasteiger partial charge is 0.332 e. The summed E-state index contributed by atoms with van der Waals surface area (Å²) in [4.78, 5) is 13.2. The molecule has 0 radical (unpaired) electrons. The van der Waals surface area contributed by atoms with Crippen molar-refractivity contribution in [3.8, 4) is 0 Å². The molecule has 0 unspecified atom stereocenters. The third-order valence-electron chi connectivity index (χ3n) is 4.06. The molecule has 0 saturated carbocycles. The Bertz CT molecular complexity index is 995. The van der Waals surface area contributed by atoms with Crippen LogP contribution < -0.4 is 16.0 Å². The van der Waals surface area contributed by atoms with Gasteiger partial charge in [-0.3, -0.25) is 4.79 Å². The average Bonchev–Trinajstić information content (AvgIpc) is 2.71. The third-order valence-corrected chi connectivity index (χ3v) is 5.68. The summed E-state index contributed by atoms with van der Waals surface area (Å²) in [7, 11) is 0. The zero-order valence-electron chi connectivity index (χ0n) is 15.7. The molecule has 1 amide bonds. The number of amides is 1. The second-order valence-electron chi connectivity index (χ2n) is 6.22. The Kier molecular flexibility index (Phi) is 7.52. The van der Waals surface area contributed by atoms with Gasteiger partial charge < -0.3 is 16.0 Å². The SMILES string of the molecule is Cc1c(Cl)cccc1NC(=O)CSc1ccc(NC(=S)Nc2ccccc2)cc1. The maximum absolute atomic E-state index is 12.2. The normalized spacial score (nSPS) is 10.3. The molecule has 0 fully saturated rings. The summed E-state index contributed by atoms with van der Waals surface area (Å²) < 4.78 is 0. The summed E-state index contributed by atoms with van der Waals surface area (Å²) in [5.74, 6) is 0.239. The van der Waals surface area contributed by atoms with Crippen LogP contribution in [0.4, 0.5) is 17.1 Å². The van der Waals surface area contributed by atoms with E-state index in [0.29, 0.717) is 15.9 Å². The molecule has 4 nitrogen and oxygen atoms in total. The van der Waals surface area contributed by atoms with Crippen LogP contribution in [-0.4, -0.2) is 16.8 Å². The maximum Gasteiger partial charge on any atom is 0.234 e. The number of halogens is 1. The van der Waals surface area contributed by atoms with Gasteiger partial charge in [-0.05, 0) is 73.2 Å². The zero-order chi connectivity index (χ0) is 20.6. The fourth-order valence-corrected chi connectivity index (χ4v) is 3.64. The molecule has 3 N–H and O–H groups in total. The monoisotopic (exact) mass is 441 g/mol. The number of hydrogen-bond donors (Lipinski definition) is 3. The topological polar surface area (TPSA) is 53.2 Å². The predicted octanol–water partition coefficient (Wildman–Crippen LogP) is 6.19. The number of carbonyl (C=O) groups is 1. The van der Waals surface area contributed by atoms with Gasteiger partial charge in [0.2, 0.25) is 5.91 Å². The zero-order valence-corrected chi connectivity index (χ0v) is 18.1. The van der Waals surface area contributed by atoms with Crippen molar-refractivity contribution in [2.45, 2.75) is 11.8 Å². The average molecular weight is 442 g/mol. The fourth-order valence-electron chi connectivity index (χ4n) is 2.53. The highest BCUT2D eigenvalue weighted by atomic mass is 35.5. The standard InChI is InChI=1S/C22H20ClN3OS2/c1-15-19(23)8-5-9-20(15)26-21(27)14-29-18-12-10-17(11-13-18)25-22(28)24-16-6-3-2-4-7-16/h2-13H,14H2,1H3,(H,26,27)(H2,24,25,28). The molecule has 29 heavy (non-hydrogen) atoms. The highest BCUT2D eigenvalue weighted by molar-refractivity contribution is 8.00. The van der Waals surface area contributed by atoms with E-state index in [-0.39, 0.29) is 5.91 Å². The number of benzene rings is 3. The number of para-hydroxylation sites is 1. The Labute approximate surface area is 185 Å². The molecule has 0 bridgehead atoms. The number of hydrogen-bond acceptors (Lipinski definition) is 3. The van der Waals surface area contributed by atoms with Crippen molar-refractivity contribution in [2.24, 2.45) is 0 Å². The third kappa shape index (κ3) is 6.49. The molecular weight excluding hydrogens is 422 g/mol. The lowest BCUT2D eigenvalue weighted by molar-refractivity contribution is -0.113. The number of rotatable bonds is 6. The molecule has 3 aromatic carbocycles. The first-order chi connectivity index (χ1) is 14.0. The number of anilines is 3. The number of thioether (sulfide) groups is 1. The van der Waals surface area contributed by atoms with Gasteiger partial charge in [-0.25, -0.2) is 0 Å². The van der Waals surface area contributed by atoms with Crippen molar-refractivity contribution in [2.75, 3.05) is 21.7 Å². The van der Waals surface area contributed by atoms with Crippen LogP contribution >= 0.6 is 35.6 Å². The van der Waals surface area contributed by atoms with Gasteiger partial charge in [0.25, 0.3) is 0 Å². The lowest BCUT2D eigenvalue weighted by Gasteiger charge is -2.11. The van der Waals surface area contributed by atoms with Gasteiger partial charge in [-0.2, -0.15) is 0 Å². The Morgan fingerprint density at radius 3 is 2.24 bits per heavy atom. The van der Waals surface area contributed by atoms with Gasteiger partial charge in [0.1, 0.15) is 0 Å². The second-order valence-corrected chi connectivity index (χ2v) is 8.08. The van der Waals surface area contributed by atoms with Gasteiger partial charge in [0.15, 0.2) is 5.11 Å². The molecular formula is C22H20ClN3OS2.